The summed E-state index contributed by atoms with van der Waals surface area (Å²) in [6.07, 6.45) is 3.49. The number of hydrogen-bond acceptors (Lipinski definition) is 3. The molecule has 1 N–H and O–H groups in total. The second-order valence-electron chi connectivity index (χ2n) is 4.47. The molecule has 0 amide bonds. The number of carbonyl (C=O) groups is 1. The summed E-state index contributed by atoms with van der Waals surface area (Å²) in [6.45, 7) is 1.90. The summed E-state index contributed by atoms with van der Waals surface area (Å²) in [7, 11) is 0. The van der Waals surface area contributed by atoms with Gasteiger partial charge in [-0.05, 0) is 12.5 Å². The van der Waals surface area contributed by atoms with Gasteiger partial charge in [-0.2, -0.15) is 0 Å². The Bertz CT molecular complexity index is 563. The minimum Gasteiger partial charge on any atom is -0.359 e. The summed E-state index contributed by atoms with van der Waals surface area (Å²) in [6, 6.07) is 7.67. The molecule has 0 saturated carbocycles. The molecule has 1 aliphatic carbocycles. The maximum Gasteiger partial charge on any atom is 0.192 e. The number of aromatic nitrogens is 2. The van der Waals surface area contributed by atoms with Crippen molar-refractivity contribution in [3.63, 3.8) is 0 Å². The number of H-pyrrole nitrogens is 1. The molecule has 4 nitrogen and oxygen atoms in total. The normalized spacial score (nSPS) is 19.8. The van der Waals surface area contributed by atoms with E-state index >= 15 is 0 Å². The van der Waals surface area contributed by atoms with E-state index in [1.807, 2.05) is 31.2 Å². The molecule has 1 aromatic heterocycles. The third-order valence-electron chi connectivity index (χ3n) is 3.25. The molecule has 1 heterocycles. The number of fused-ring (bicyclic) bond motifs is 1. The van der Waals surface area contributed by atoms with E-state index in [0.717, 1.165) is 17.0 Å². The van der Waals surface area contributed by atoms with Gasteiger partial charge in [-0.3, -0.25) is 4.79 Å². The van der Waals surface area contributed by atoms with Crippen LogP contribution in [0, 0.1) is 0 Å². The smallest absolute Gasteiger partial charge is 0.192 e. The Morgan fingerprint density at radius 1 is 1.44 bits per heavy atom. The van der Waals surface area contributed by atoms with Crippen LogP contribution >= 0.6 is 0 Å². The fourth-order valence-electron chi connectivity index (χ4n) is 2.33. The Kier molecular flexibility index (Phi) is 2.72. The lowest BCUT2D eigenvalue weighted by Crippen LogP contribution is -2.22. The molecule has 18 heavy (non-hydrogen) atoms. The van der Waals surface area contributed by atoms with Crippen LogP contribution in [0.3, 0.4) is 0 Å². The number of aromatic amines is 1. The molecule has 1 aliphatic rings. The van der Waals surface area contributed by atoms with Crippen LogP contribution in [0.15, 0.2) is 36.7 Å². The molecular formula is C14H14N2O2. The van der Waals surface area contributed by atoms with E-state index in [0.29, 0.717) is 6.42 Å². The van der Waals surface area contributed by atoms with Crippen molar-refractivity contribution in [3.8, 4) is 0 Å². The van der Waals surface area contributed by atoms with Gasteiger partial charge in [-0.1, -0.05) is 24.3 Å². The Balaban J connectivity index is 1.75. The van der Waals surface area contributed by atoms with Gasteiger partial charge in [0.15, 0.2) is 5.78 Å². The number of carbonyl (C=O) groups excluding carboxylic acids is 1. The molecule has 3 rings (SSSR count). The van der Waals surface area contributed by atoms with Gasteiger partial charge in [0.1, 0.15) is 18.0 Å². The Morgan fingerprint density at radius 2 is 2.28 bits per heavy atom. The van der Waals surface area contributed by atoms with Crippen molar-refractivity contribution >= 4 is 5.78 Å². The molecule has 0 spiro atoms. The minimum atomic E-state index is -0.387. The minimum absolute atomic E-state index is 0.0732. The van der Waals surface area contributed by atoms with Gasteiger partial charge in [0, 0.05) is 24.4 Å². The number of imidazole rings is 1. The predicted molar refractivity (Wildman–Crippen MR) is 66.4 cm³/mol. The van der Waals surface area contributed by atoms with E-state index < -0.39 is 0 Å². The zero-order valence-electron chi connectivity index (χ0n) is 10.1. The number of hydrogen-bond donors (Lipinski definition) is 1. The van der Waals surface area contributed by atoms with Gasteiger partial charge in [0.25, 0.3) is 0 Å². The van der Waals surface area contributed by atoms with Crippen molar-refractivity contribution in [1.82, 2.24) is 9.97 Å². The molecule has 0 aliphatic heterocycles. The number of ether oxygens (including phenoxy) is 1. The molecule has 92 valence electrons. The first kappa shape index (κ1) is 11.2. The highest BCUT2D eigenvalue weighted by molar-refractivity contribution is 6.03. The molecule has 4 heteroatoms. The summed E-state index contributed by atoms with van der Waals surface area (Å²) in [5, 5.41) is 0. The van der Waals surface area contributed by atoms with Crippen molar-refractivity contribution in [2.75, 3.05) is 0 Å². The number of nitrogens with zero attached hydrogens (tertiary/aromatic N) is 1. The molecule has 0 fully saturated rings. The van der Waals surface area contributed by atoms with E-state index in [-0.39, 0.29) is 18.0 Å². The summed E-state index contributed by atoms with van der Waals surface area (Å²) in [4.78, 5) is 19.3. The van der Waals surface area contributed by atoms with Crippen LogP contribution in [-0.2, 0) is 11.2 Å². The van der Waals surface area contributed by atoms with Gasteiger partial charge in [-0.15, -0.1) is 0 Å². The maximum absolute atomic E-state index is 12.1. The second-order valence-corrected chi connectivity index (χ2v) is 4.47. The SMILES string of the molecule is CC(OC1Cc2ccccc2C1=O)c1ncc[nH]1. The zero-order valence-corrected chi connectivity index (χ0v) is 10.1. The first-order chi connectivity index (χ1) is 8.75. The zero-order chi connectivity index (χ0) is 12.5. The van der Waals surface area contributed by atoms with Crippen LogP contribution < -0.4 is 0 Å². The summed E-state index contributed by atoms with van der Waals surface area (Å²) in [5.74, 6) is 0.822. The Hall–Kier alpha value is -1.94. The number of Topliss-reactive ketones (excluding diaryl/α,β-unsaturated/α-hetero) is 1. The quantitative estimate of drug-likeness (QED) is 0.898. The van der Waals surface area contributed by atoms with Crippen LogP contribution in [0.1, 0.15) is 34.8 Å². The van der Waals surface area contributed by atoms with E-state index in [1.54, 1.807) is 12.4 Å². The predicted octanol–water partition coefficient (Wildman–Crippen LogP) is 2.29. The molecule has 0 radical (unpaired) electrons. The first-order valence-corrected chi connectivity index (χ1v) is 6.02. The molecule has 2 unspecified atom stereocenters. The first-order valence-electron chi connectivity index (χ1n) is 6.02. The molecule has 1 aromatic carbocycles. The fraction of sp³-hybridized carbons (Fsp3) is 0.286. The summed E-state index contributed by atoms with van der Waals surface area (Å²) < 4.78 is 5.81. The van der Waals surface area contributed by atoms with Crippen molar-refractivity contribution < 1.29 is 9.53 Å². The third-order valence-corrected chi connectivity index (χ3v) is 3.25. The standard InChI is InChI=1S/C14H14N2O2/c1-9(14-15-6-7-16-14)18-12-8-10-4-2-3-5-11(10)13(12)17/h2-7,9,12H,8H2,1H3,(H,15,16). The second kappa shape index (κ2) is 4.38. The van der Waals surface area contributed by atoms with Gasteiger partial charge in [0.2, 0.25) is 0 Å². The lowest BCUT2D eigenvalue weighted by atomic mass is 10.1. The van der Waals surface area contributed by atoms with Crippen molar-refractivity contribution in [2.45, 2.75) is 25.6 Å². The largest absolute Gasteiger partial charge is 0.359 e. The lowest BCUT2D eigenvalue weighted by Gasteiger charge is -2.15. The van der Waals surface area contributed by atoms with Crippen LogP contribution in [0.5, 0.6) is 0 Å². The average molecular weight is 242 g/mol. The van der Waals surface area contributed by atoms with E-state index in [9.17, 15) is 4.79 Å². The molecular weight excluding hydrogens is 228 g/mol. The maximum atomic E-state index is 12.1. The highest BCUT2D eigenvalue weighted by Gasteiger charge is 2.32. The highest BCUT2D eigenvalue weighted by Crippen LogP contribution is 2.27. The number of nitrogens with one attached hydrogen (secondary N) is 1. The van der Waals surface area contributed by atoms with Crippen LogP contribution in [-0.4, -0.2) is 21.9 Å². The third kappa shape index (κ3) is 1.84. The van der Waals surface area contributed by atoms with E-state index in [1.165, 1.54) is 0 Å². The Labute approximate surface area is 105 Å². The van der Waals surface area contributed by atoms with Gasteiger partial charge < -0.3 is 9.72 Å². The van der Waals surface area contributed by atoms with Gasteiger partial charge >= 0.3 is 0 Å². The fourth-order valence-corrected chi connectivity index (χ4v) is 2.33. The van der Waals surface area contributed by atoms with Crippen molar-refractivity contribution in [2.24, 2.45) is 0 Å². The van der Waals surface area contributed by atoms with Crippen LogP contribution in [0.4, 0.5) is 0 Å². The number of rotatable bonds is 3. The van der Waals surface area contributed by atoms with Crippen molar-refractivity contribution in [1.29, 1.82) is 0 Å². The number of benzene rings is 1. The molecule has 2 aromatic rings. The molecule has 0 bridgehead atoms. The van der Waals surface area contributed by atoms with E-state index in [4.69, 9.17) is 4.74 Å². The molecule has 2 atom stereocenters. The Morgan fingerprint density at radius 3 is 3.00 bits per heavy atom. The highest BCUT2D eigenvalue weighted by atomic mass is 16.5. The average Bonchev–Trinajstić information content (AvgIpc) is 3.00. The van der Waals surface area contributed by atoms with Gasteiger partial charge in [-0.25, -0.2) is 4.98 Å². The summed E-state index contributed by atoms with van der Waals surface area (Å²) in [5.41, 5.74) is 1.85. The topological polar surface area (TPSA) is 55.0 Å². The molecule has 0 saturated heterocycles. The van der Waals surface area contributed by atoms with Crippen molar-refractivity contribution in [3.05, 3.63) is 53.6 Å². The van der Waals surface area contributed by atoms with E-state index in [2.05, 4.69) is 9.97 Å². The van der Waals surface area contributed by atoms with Crippen LogP contribution in [0.25, 0.3) is 0 Å². The monoisotopic (exact) mass is 242 g/mol. The van der Waals surface area contributed by atoms with Crippen LogP contribution in [0.2, 0.25) is 0 Å². The van der Waals surface area contributed by atoms with Gasteiger partial charge in [0.05, 0.1) is 0 Å². The number of ketones is 1. The summed E-state index contributed by atoms with van der Waals surface area (Å²) >= 11 is 0. The lowest BCUT2D eigenvalue weighted by molar-refractivity contribution is 0.00460.